The zero-order valence-electron chi connectivity index (χ0n) is 11.4. The number of nitrogens with zero attached hydrogens (tertiary/aromatic N) is 3. The van der Waals surface area contributed by atoms with Gasteiger partial charge in [0.2, 0.25) is 0 Å². The van der Waals surface area contributed by atoms with E-state index in [0.29, 0.717) is 23.8 Å². The van der Waals surface area contributed by atoms with Crippen molar-refractivity contribution in [1.82, 2.24) is 14.6 Å². The number of methoxy groups -OCH3 is 1. The normalized spacial score (nSPS) is 11.3. The van der Waals surface area contributed by atoms with Crippen molar-refractivity contribution in [1.29, 1.82) is 0 Å². The Morgan fingerprint density at radius 3 is 2.95 bits per heavy atom. The van der Waals surface area contributed by atoms with Gasteiger partial charge in [0, 0.05) is 19.0 Å². The highest BCUT2D eigenvalue weighted by Crippen LogP contribution is 2.27. The van der Waals surface area contributed by atoms with Crippen LogP contribution in [0.3, 0.4) is 0 Å². The number of rotatable bonds is 4. The van der Waals surface area contributed by atoms with Crippen LogP contribution < -0.4 is 5.32 Å². The Labute approximate surface area is 121 Å². The molecule has 2 heterocycles. The average molecular weight is 291 g/mol. The van der Waals surface area contributed by atoms with Crippen molar-refractivity contribution in [3.8, 4) is 0 Å². The van der Waals surface area contributed by atoms with E-state index in [9.17, 15) is 0 Å². The molecule has 0 aliphatic heterocycles. The van der Waals surface area contributed by atoms with Gasteiger partial charge in [0.05, 0.1) is 17.8 Å². The van der Waals surface area contributed by atoms with Gasteiger partial charge in [-0.15, -0.1) is 0 Å². The van der Waals surface area contributed by atoms with E-state index in [1.54, 1.807) is 11.6 Å². The summed E-state index contributed by atoms with van der Waals surface area (Å²) in [6, 6.07) is 7.98. The summed E-state index contributed by atoms with van der Waals surface area (Å²) in [5, 5.41) is 9.33. The van der Waals surface area contributed by atoms with Gasteiger partial charge in [-0.05, 0) is 19.1 Å². The van der Waals surface area contributed by atoms with Gasteiger partial charge >= 0.3 is 0 Å². The van der Waals surface area contributed by atoms with Crippen molar-refractivity contribution in [3.05, 3.63) is 35.0 Å². The summed E-state index contributed by atoms with van der Waals surface area (Å²) < 4.78 is 6.84. The Morgan fingerprint density at radius 2 is 2.15 bits per heavy atom. The second-order valence-corrected chi connectivity index (χ2v) is 4.91. The Kier molecular flexibility index (Phi) is 3.46. The molecule has 6 heteroatoms. The van der Waals surface area contributed by atoms with Crippen molar-refractivity contribution in [2.24, 2.45) is 0 Å². The fourth-order valence-corrected chi connectivity index (χ4v) is 2.35. The molecule has 3 rings (SSSR count). The number of benzene rings is 1. The number of halogens is 1. The lowest BCUT2D eigenvalue weighted by molar-refractivity contribution is 0.210. The van der Waals surface area contributed by atoms with Crippen LogP contribution in [-0.2, 0) is 4.74 Å². The predicted molar refractivity (Wildman–Crippen MR) is 80.6 cm³/mol. The van der Waals surface area contributed by atoms with E-state index in [4.69, 9.17) is 16.3 Å². The molecule has 0 atom stereocenters. The van der Waals surface area contributed by atoms with Crippen LogP contribution in [0.2, 0.25) is 5.02 Å². The number of hydrogen-bond acceptors (Lipinski definition) is 4. The van der Waals surface area contributed by atoms with Gasteiger partial charge in [0.15, 0.2) is 5.65 Å². The molecule has 104 valence electrons. The molecular weight excluding hydrogens is 276 g/mol. The zero-order chi connectivity index (χ0) is 14.1. The molecule has 0 aliphatic rings. The molecule has 20 heavy (non-hydrogen) atoms. The van der Waals surface area contributed by atoms with Crippen LogP contribution in [0.1, 0.15) is 5.69 Å². The van der Waals surface area contributed by atoms with Gasteiger partial charge in [-0.3, -0.25) is 0 Å². The average Bonchev–Trinajstić information content (AvgIpc) is 2.75. The third-order valence-electron chi connectivity index (χ3n) is 3.17. The van der Waals surface area contributed by atoms with Crippen molar-refractivity contribution in [2.75, 3.05) is 25.6 Å². The van der Waals surface area contributed by atoms with Crippen molar-refractivity contribution < 1.29 is 4.74 Å². The molecule has 1 aromatic carbocycles. The number of ether oxygens (including phenoxy) is 1. The molecule has 0 saturated heterocycles. The first-order valence-corrected chi connectivity index (χ1v) is 6.76. The van der Waals surface area contributed by atoms with Gasteiger partial charge in [0.25, 0.3) is 0 Å². The lowest BCUT2D eigenvalue weighted by atomic mass is 10.2. The smallest absolute Gasteiger partial charge is 0.176 e. The lowest BCUT2D eigenvalue weighted by Gasteiger charge is -2.09. The monoisotopic (exact) mass is 290 g/mol. The van der Waals surface area contributed by atoms with Crippen LogP contribution in [0.25, 0.3) is 16.6 Å². The standard InChI is InChI=1S/C14H15ClN4O/c1-9-12(15)14-17-13(16-7-8-20-2)10-5-3-4-6-11(10)19(14)18-9/h3-6H,7-8H2,1-2H3,(H,16,17). The van der Waals surface area contributed by atoms with Crippen LogP contribution in [0.4, 0.5) is 5.82 Å². The first kappa shape index (κ1) is 13.1. The number of nitrogens with one attached hydrogen (secondary N) is 1. The van der Waals surface area contributed by atoms with E-state index in [-0.39, 0.29) is 0 Å². The molecule has 0 unspecified atom stereocenters. The largest absolute Gasteiger partial charge is 0.383 e. The summed E-state index contributed by atoms with van der Waals surface area (Å²) in [5.41, 5.74) is 2.42. The molecule has 5 nitrogen and oxygen atoms in total. The Balaban J connectivity index is 2.23. The minimum Gasteiger partial charge on any atom is -0.383 e. The third kappa shape index (κ3) is 2.09. The van der Waals surface area contributed by atoms with Crippen LogP contribution >= 0.6 is 11.6 Å². The summed E-state index contributed by atoms with van der Waals surface area (Å²) in [5.74, 6) is 0.798. The second-order valence-electron chi connectivity index (χ2n) is 4.53. The molecule has 0 saturated carbocycles. The molecule has 0 fully saturated rings. The summed E-state index contributed by atoms with van der Waals surface area (Å²) >= 11 is 6.28. The Hall–Kier alpha value is -1.85. The highest BCUT2D eigenvalue weighted by atomic mass is 35.5. The van der Waals surface area contributed by atoms with Crippen LogP contribution in [0.15, 0.2) is 24.3 Å². The fraction of sp³-hybridized carbons (Fsp3) is 0.286. The number of aromatic nitrogens is 3. The molecule has 1 N–H and O–H groups in total. The van der Waals surface area contributed by atoms with Gasteiger partial charge in [-0.2, -0.15) is 5.10 Å². The van der Waals surface area contributed by atoms with E-state index in [0.717, 1.165) is 22.4 Å². The predicted octanol–water partition coefficient (Wildman–Crippen LogP) is 2.90. The van der Waals surface area contributed by atoms with Crippen LogP contribution in [0.5, 0.6) is 0 Å². The number of anilines is 1. The van der Waals surface area contributed by atoms with Gasteiger partial charge in [0.1, 0.15) is 10.8 Å². The molecule has 0 amide bonds. The van der Waals surface area contributed by atoms with Gasteiger partial charge in [-0.1, -0.05) is 23.7 Å². The van der Waals surface area contributed by atoms with Crippen molar-refractivity contribution in [3.63, 3.8) is 0 Å². The molecule has 3 aromatic rings. The molecule has 0 spiro atoms. The van der Waals surface area contributed by atoms with Crippen molar-refractivity contribution in [2.45, 2.75) is 6.92 Å². The Bertz CT molecular complexity index is 769. The summed E-state index contributed by atoms with van der Waals surface area (Å²) in [6.45, 7) is 3.19. The van der Waals surface area contributed by atoms with Crippen LogP contribution in [0, 0.1) is 6.92 Å². The van der Waals surface area contributed by atoms with E-state index in [2.05, 4.69) is 15.4 Å². The molecular formula is C14H15ClN4O. The highest BCUT2D eigenvalue weighted by Gasteiger charge is 2.14. The highest BCUT2D eigenvalue weighted by molar-refractivity contribution is 6.34. The van der Waals surface area contributed by atoms with Crippen molar-refractivity contribution >= 4 is 34.0 Å². The summed E-state index contributed by atoms with van der Waals surface area (Å²) in [7, 11) is 1.67. The maximum Gasteiger partial charge on any atom is 0.176 e. The van der Waals surface area contributed by atoms with E-state index < -0.39 is 0 Å². The number of fused-ring (bicyclic) bond motifs is 3. The molecule has 0 bridgehead atoms. The molecule has 0 aliphatic carbocycles. The van der Waals surface area contributed by atoms with Gasteiger partial charge < -0.3 is 10.1 Å². The van der Waals surface area contributed by atoms with E-state index >= 15 is 0 Å². The maximum atomic E-state index is 6.28. The third-order valence-corrected chi connectivity index (χ3v) is 3.61. The number of hydrogen-bond donors (Lipinski definition) is 1. The summed E-state index contributed by atoms with van der Waals surface area (Å²) in [4.78, 5) is 4.60. The SMILES string of the molecule is COCCNc1nc2c(Cl)c(C)nn2c2ccccc12. The Morgan fingerprint density at radius 1 is 1.35 bits per heavy atom. The molecule has 0 radical (unpaired) electrons. The zero-order valence-corrected chi connectivity index (χ0v) is 12.1. The fourth-order valence-electron chi connectivity index (χ4n) is 2.19. The topological polar surface area (TPSA) is 51.5 Å². The van der Waals surface area contributed by atoms with Crippen LogP contribution in [-0.4, -0.2) is 34.9 Å². The quantitative estimate of drug-likeness (QED) is 0.751. The van der Waals surface area contributed by atoms with E-state index in [1.165, 1.54) is 0 Å². The summed E-state index contributed by atoms with van der Waals surface area (Å²) in [6.07, 6.45) is 0. The number of aryl methyl sites for hydroxylation is 1. The minimum atomic E-state index is 0.588. The maximum absolute atomic E-state index is 6.28. The van der Waals surface area contributed by atoms with E-state index in [1.807, 2.05) is 31.2 Å². The molecule has 2 aromatic heterocycles. The number of para-hydroxylation sites is 1. The first-order chi connectivity index (χ1) is 9.72. The first-order valence-electron chi connectivity index (χ1n) is 6.38. The lowest BCUT2D eigenvalue weighted by Crippen LogP contribution is -2.10. The minimum absolute atomic E-state index is 0.588. The second kappa shape index (κ2) is 5.26. The van der Waals surface area contributed by atoms with Gasteiger partial charge in [-0.25, -0.2) is 9.50 Å².